The van der Waals surface area contributed by atoms with Crippen LogP contribution < -0.4 is 0 Å². The van der Waals surface area contributed by atoms with E-state index in [0.29, 0.717) is 25.0 Å². The molecular weight excluding hydrogens is 252 g/mol. The van der Waals surface area contributed by atoms with Crippen LogP contribution in [0.3, 0.4) is 0 Å². The maximum absolute atomic E-state index is 10.6. The van der Waals surface area contributed by atoms with Crippen LogP contribution in [0.1, 0.15) is 64.2 Å². The predicted molar refractivity (Wildman–Crippen MR) is 83.0 cm³/mol. The van der Waals surface area contributed by atoms with Crippen LogP contribution in [0.25, 0.3) is 0 Å². The average molecular weight is 278 g/mol. The van der Waals surface area contributed by atoms with Gasteiger partial charge in [-0.2, -0.15) is 0 Å². The molecule has 1 rings (SSSR count). The second-order valence-electron chi connectivity index (χ2n) is 4.22. The van der Waals surface area contributed by atoms with Crippen LogP contribution >= 0.6 is 0 Å². The molecule has 20 heavy (non-hydrogen) atoms. The van der Waals surface area contributed by atoms with E-state index < -0.39 is 0 Å². The van der Waals surface area contributed by atoms with Gasteiger partial charge in [-0.1, -0.05) is 51.1 Å². The van der Waals surface area contributed by atoms with Gasteiger partial charge in [0.15, 0.2) is 5.78 Å². The quantitative estimate of drug-likeness (QED) is 0.774. The van der Waals surface area contributed by atoms with Crippen molar-refractivity contribution in [2.75, 3.05) is 0 Å². The molecule has 0 aliphatic rings. The van der Waals surface area contributed by atoms with Gasteiger partial charge in [0.1, 0.15) is 11.6 Å². The number of carbonyl (C=O) groups excluding carboxylic acids is 3. The molecule has 0 radical (unpaired) electrons. The minimum Gasteiger partial charge on any atom is -0.300 e. The molecule has 0 saturated carbocycles. The van der Waals surface area contributed by atoms with Gasteiger partial charge in [-0.3, -0.25) is 9.59 Å². The third-order valence-corrected chi connectivity index (χ3v) is 2.47. The Hall–Kier alpha value is -1.77. The Bertz CT molecular complexity index is 388. The number of Topliss-reactive ketones (excluding diaryl/α,β-unsaturated/α-hetero) is 3. The second kappa shape index (κ2) is 13.7. The molecule has 0 heterocycles. The van der Waals surface area contributed by atoms with Crippen LogP contribution in [0.2, 0.25) is 0 Å². The first-order valence-electron chi connectivity index (χ1n) is 6.96. The van der Waals surface area contributed by atoms with Crippen LogP contribution in [0.4, 0.5) is 0 Å². The van der Waals surface area contributed by atoms with Gasteiger partial charge in [-0.15, -0.1) is 0 Å². The summed E-state index contributed by atoms with van der Waals surface area (Å²) in [6.45, 7) is 8.76. The lowest BCUT2D eigenvalue weighted by Crippen LogP contribution is -1.88. The van der Waals surface area contributed by atoms with E-state index >= 15 is 0 Å². The number of benzene rings is 1. The van der Waals surface area contributed by atoms with Gasteiger partial charge in [0.05, 0.1) is 0 Å². The maximum atomic E-state index is 10.6. The lowest BCUT2D eigenvalue weighted by Gasteiger charge is -1.89. The highest BCUT2D eigenvalue weighted by atomic mass is 16.1. The van der Waals surface area contributed by atoms with Crippen molar-refractivity contribution in [2.45, 2.75) is 53.9 Å². The molecule has 0 aliphatic heterocycles. The molecule has 1 aromatic carbocycles. The summed E-state index contributed by atoms with van der Waals surface area (Å²) in [5.74, 6) is 0.718. The van der Waals surface area contributed by atoms with Crippen molar-refractivity contribution in [3.63, 3.8) is 0 Å². The van der Waals surface area contributed by atoms with E-state index in [1.807, 2.05) is 51.1 Å². The number of carbonyl (C=O) groups is 3. The van der Waals surface area contributed by atoms with Crippen LogP contribution in [-0.4, -0.2) is 17.3 Å². The predicted octanol–water partition coefficient (Wildman–Crippen LogP) is 4.25. The van der Waals surface area contributed by atoms with Crippen molar-refractivity contribution >= 4 is 17.3 Å². The van der Waals surface area contributed by atoms with Crippen LogP contribution in [0, 0.1) is 0 Å². The molecule has 0 spiro atoms. The summed E-state index contributed by atoms with van der Waals surface area (Å²) < 4.78 is 0. The molecule has 0 amide bonds. The van der Waals surface area contributed by atoms with E-state index in [-0.39, 0.29) is 11.6 Å². The van der Waals surface area contributed by atoms with Crippen molar-refractivity contribution < 1.29 is 14.4 Å². The third-order valence-electron chi connectivity index (χ3n) is 2.47. The van der Waals surface area contributed by atoms with E-state index in [9.17, 15) is 14.4 Å². The topological polar surface area (TPSA) is 51.2 Å². The normalized spacial score (nSPS) is 8.45. The highest BCUT2D eigenvalue weighted by Gasteiger charge is 1.92. The van der Waals surface area contributed by atoms with Gasteiger partial charge in [-0.05, 0) is 13.8 Å². The van der Waals surface area contributed by atoms with Crippen molar-refractivity contribution in [1.29, 1.82) is 0 Å². The van der Waals surface area contributed by atoms with Crippen LogP contribution in [0.15, 0.2) is 30.3 Å². The van der Waals surface area contributed by atoms with Gasteiger partial charge in [0, 0.05) is 24.8 Å². The monoisotopic (exact) mass is 278 g/mol. The first kappa shape index (κ1) is 20.5. The van der Waals surface area contributed by atoms with Gasteiger partial charge in [0.25, 0.3) is 0 Å². The van der Waals surface area contributed by atoms with Crippen molar-refractivity contribution in [1.82, 2.24) is 0 Å². The van der Waals surface area contributed by atoms with Crippen LogP contribution in [0.5, 0.6) is 0 Å². The lowest BCUT2D eigenvalue weighted by molar-refractivity contribution is -0.118. The Morgan fingerprint density at radius 3 is 1.35 bits per heavy atom. The third kappa shape index (κ3) is 14.3. The molecule has 0 N–H and O–H groups in total. The fraction of sp³-hybridized carbons (Fsp3) is 0.471. The molecule has 0 bridgehead atoms. The molecule has 3 nitrogen and oxygen atoms in total. The SMILES string of the molecule is CC(=O)c1ccccc1.CCC(=O)CC.CCC(C)=O. The fourth-order valence-corrected chi connectivity index (χ4v) is 0.923. The van der Waals surface area contributed by atoms with Gasteiger partial charge in [-0.25, -0.2) is 0 Å². The lowest BCUT2D eigenvalue weighted by atomic mass is 10.2. The highest BCUT2D eigenvalue weighted by molar-refractivity contribution is 5.93. The average Bonchev–Trinajstić information content (AvgIpc) is 2.48. The van der Waals surface area contributed by atoms with Crippen LogP contribution in [-0.2, 0) is 9.59 Å². The Kier molecular flexibility index (Phi) is 14.0. The van der Waals surface area contributed by atoms with E-state index in [0.717, 1.165) is 5.56 Å². The minimum atomic E-state index is 0.121. The molecule has 0 aliphatic carbocycles. The molecule has 0 saturated heterocycles. The van der Waals surface area contributed by atoms with E-state index in [1.165, 1.54) is 0 Å². The number of rotatable bonds is 4. The summed E-state index contributed by atoms with van der Waals surface area (Å²) in [5.41, 5.74) is 0.775. The zero-order valence-electron chi connectivity index (χ0n) is 13.2. The molecule has 0 atom stereocenters. The molecule has 0 unspecified atom stereocenters. The molecule has 0 aromatic heterocycles. The second-order valence-corrected chi connectivity index (χ2v) is 4.22. The highest BCUT2D eigenvalue weighted by Crippen LogP contribution is 1.97. The van der Waals surface area contributed by atoms with E-state index in [4.69, 9.17) is 0 Å². The zero-order valence-corrected chi connectivity index (χ0v) is 13.2. The smallest absolute Gasteiger partial charge is 0.159 e. The Labute approximate surface area is 122 Å². The first-order chi connectivity index (χ1) is 9.38. The summed E-state index contributed by atoms with van der Waals surface area (Å²) >= 11 is 0. The standard InChI is InChI=1S/C8H8O.C5H10O.C4H8O/c1-7(9)8-5-3-2-4-6-8;1-3-5(6)4-2;1-3-4(2)5/h2-6H,1H3;3-4H2,1-2H3;3H2,1-2H3. The number of hydrogen-bond acceptors (Lipinski definition) is 3. The van der Waals surface area contributed by atoms with Crippen molar-refractivity contribution in [2.24, 2.45) is 0 Å². The Morgan fingerprint density at radius 1 is 0.800 bits per heavy atom. The summed E-state index contributed by atoms with van der Waals surface area (Å²) in [4.78, 5) is 30.6. The fourth-order valence-electron chi connectivity index (χ4n) is 0.923. The van der Waals surface area contributed by atoms with E-state index in [1.54, 1.807) is 13.8 Å². The molecule has 0 fully saturated rings. The van der Waals surface area contributed by atoms with Crippen molar-refractivity contribution in [3.05, 3.63) is 35.9 Å². The van der Waals surface area contributed by atoms with Gasteiger partial charge >= 0.3 is 0 Å². The number of ketones is 3. The summed E-state index contributed by atoms with van der Waals surface area (Å²) in [7, 11) is 0. The minimum absolute atomic E-state index is 0.121. The number of hydrogen-bond donors (Lipinski definition) is 0. The maximum Gasteiger partial charge on any atom is 0.159 e. The zero-order chi connectivity index (χ0) is 16.0. The van der Waals surface area contributed by atoms with Crippen molar-refractivity contribution in [3.8, 4) is 0 Å². The summed E-state index contributed by atoms with van der Waals surface area (Å²) in [6.07, 6.45) is 2.05. The Morgan fingerprint density at radius 2 is 1.20 bits per heavy atom. The van der Waals surface area contributed by atoms with Gasteiger partial charge < -0.3 is 4.79 Å². The van der Waals surface area contributed by atoms with E-state index in [2.05, 4.69) is 0 Å². The summed E-state index contributed by atoms with van der Waals surface area (Å²) in [6, 6.07) is 9.23. The Balaban J connectivity index is 0. The molecule has 3 heteroatoms. The van der Waals surface area contributed by atoms with Gasteiger partial charge in [0.2, 0.25) is 0 Å². The first-order valence-corrected chi connectivity index (χ1v) is 6.96. The molecular formula is C17H26O3. The molecule has 1 aromatic rings. The summed E-state index contributed by atoms with van der Waals surface area (Å²) in [5, 5.41) is 0. The largest absolute Gasteiger partial charge is 0.300 e. The molecule has 112 valence electrons.